The van der Waals surface area contributed by atoms with Gasteiger partial charge in [0.05, 0.1) is 17.9 Å². The Labute approximate surface area is 211 Å². The molecule has 1 saturated heterocycles. The predicted molar refractivity (Wildman–Crippen MR) is 125 cm³/mol. The molecule has 2 amide bonds. The lowest BCUT2D eigenvalue weighted by Gasteiger charge is -2.30. The fourth-order valence-corrected chi connectivity index (χ4v) is 4.30. The zero-order chi connectivity index (χ0) is 27.1. The number of nitrogens with zero attached hydrogens (tertiary/aromatic N) is 4. The summed E-state index contributed by atoms with van der Waals surface area (Å²) < 4.78 is 59.2. The van der Waals surface area contributed by atoms with E-state index in [-0.39, 0.29) is 35.3 Å². The molecular formula is C25H29F4N5O3. The number of rotatable bonds is 5. The molecule has 0 aromatic carbocycles. The maximum Gasteiger partial charge on any atom is 0.451 e. The van der Waals surface area contributed by atoms with Gasteiger partial charge in [-0.05, 0) is 59.4 Å². The van der Waals surface area contributed by atoms with E-state index in [0.717, 1.165) is 25.2 Å². The van der Waals surface area contributed by atoms with Crippen LogP contribution in [0.25, 0.3) is 11.1 Å². The number of halogens is 4. The maximum absolute atomic E-state index is 15.2. The van der Waals surface area contributed by atoms with Gasteiger partial charge in [-0.1, -0.05) is 0 Å². The van der Waals surface area contributed by atoms with Crippen molar-refractivity contribution in [2.75, 3.05) is 0 Å². The number of pyridine rings is 1. The second-order valence-electron chi connectivity index (χ2n) is 10.5. The summed E-state index contributed by atoms with van der Waals surface area (Å²) >= 11 is 0. The summed E-state index contributed by atoms with van der Waals surface area (Å²) in [5, 5.41) is 2.77. The van der Waals surface area contributed by atoms with E-state index in [1.54, 1.807) is 20.8 Å². The first kappa shape index (κ1) is 26.7. The van der Waals surface area contributed by atoms with Crippen LogP contribution in [0.15, 0.2) is 18.5 Å². The van der Waals surface area contributed by atoms with Crippen LogP contribution in [-0.4, -0.2) is 49.5 Å². The Morgan fingerprint density at radius 3 is 2.32 bits per heavy atom. The van der Waals surface area contributed by atoms with Crippen LogP contribution in [0, 0.1) is 5.82 Å². The average molecular weight is 524 g/mol. The molecule has 2 aromatic rings. The topological polar surface area (TPSA) is 97.3 Å². The number of carbonyl (C=O) groups is 2. The second kappa shape index (κ2) is 9.86. The standard InChI is InChI=1S/C25H29F4N5O3/c1-13-5-8-18(34(13)23(36)37-24(2,3)4)21(35)30-12-16-9-17(19(26)20(33-16)14-6-7-14)15-10-31-22(32-11-15)25(27,28)29/h9-11,13-14,18H,5-8,12H2,1-4H3,(H,30,35). The van der Waals surface area contributed by atoms with E-state index in [1.165, 1.54) is 11.0 Å². The van der Waals surface area contributed by atoms with E-state index in [1.807, 2.05) is 6.92 Å². The lowest BCUT2D eigenvalue weighted by Crippen LogP contribution is -2.49. The number of aromatic nitrogens is 3. The Morgan fingerprint density at radius 2 is 1.76 bits per heavy atom. The lowest BCUT2D eigenvalue weighted by molar-refractivity contribution is -0.145. The maximum atomic E-state index is 15.2. The van der Waals surface area contributed by atoms with E-state index >= 15 is 4.39 Å². The molecular weight excluding hydrogens is 494 g/mol. The molecule has 0 bridgehead atoms. The zero-order valence-electron chi connectivity index (χ0n) is 21.0. The fourth-order valence-electron chi connectivity index (χ4n) is 4.30. The van der Waals surface area contributed by atoms with Gasteiger partial charge in [-0.15, -0.1) is 0 Å². The first-order valence-electron chi connectivity index (χ1n) is 12.1. The SMILES string of the molecule is CC1CCC(C(=O)NCc2cc(-c3cnc(C(F)(F)F)nc3)c(F)c(C3CC3)n2)N1C(=O)OC(C)(C)C. The van der Waals surface area contributed by atoms with Crippen molar-refractivity contribution in [3.63, 3.8) is 0 Å². The molecule has 37 heavy (non-hydrogen) atoms. The van der Waals surface area contributed by atoms with Gasteiger partial charge in [0.15, 0.2) is 5.82 Å². The highest BCUT2D eigenvalue weighted by atomic mass is 19.4. The molecule has 1 saturated carbocycles. The monoisotopic (exact) mass is 523 g/mol. The highest BCUT2D eigenvalue weighted by molar-refractivity contribution is 5.86. The quantitative estimate of drug-likeness (QED) is 0.556. The minimum Gasteiger partial charge on any atom is -0.444 e. The molecule has 0 spiro atoms. The van der Waals surface area contributed by atoms with Crippen LogP contribution >= 0.6 is 0 Å². The van der Waals surface area contributed by atoms with Crippen molar-refractivity contribution < 1.29 is 31.9 Å². The number of alkyl halides is 3. The van der Waals surface area contributed by atoms with Gasteiger partial charge < -0.3 is 10.1 Å². The van der Waals surface area contributed by atoms with Crippen LogP contribution in [-0.2, 0) is 22.3 Å². The lowest BCUT2D eigenvalue weighted by atomic mass is 10.0. The van der Waals surface area contributed by atoms with Crippen LogP contribution in [0.2, 0.25) is 0 Å². The molecule has 2 aromatic heterocycles. The molecule has 2 aliphatic rings. The van der Waals surface area contributed by atoms with Crippen LogP contribution in [0.1, 0.15) is 76.5 Å². The third-order valence-electron chi connectivity index (χ3n) is 6.24. The van der Waals surface area contributed by atoms with Crippen molar-refractivity contribution in [3.8, 4) is 11.1 Å². The Bertz CT molecular complexity index is 1180. The Balaban J connectivity index is 1.54. The number of hydrogen-bond acceptors (Lipinski definition) is 6. The summed E-state index contributed by atoms with van der Waals surface area (Å²) in [6.45, 7) is 7.03. The van der Waals surface area contributed by atoms with Crippen molar-refractivity contribution >= 4 is 12.0 Å². The number of amides is 2. The summed E-state index contributed by atoms with van der Waals surface area (Å²) in [6, 6.07) is 0.467. The molecule has 1 aliphatic carbocycles. The smallest absolute Gasteiger partial charge is 0.444 e. The van der Waals surface area contributed by atoms with Crippen molar-refractivity contribution in [1.82, 2.24) is 25.2 Å². The van der Waals surface area contributed by atoms with Gasteiger partial charge in [-0.3, -0.25) is 14.7 Å². The Kier molecular flexibility index (Phi) is 7.13. The van der Waals surface area contributed by atoms with E-state index < -0.39 is 41.5 Å². The Hall–Kier alpha value is -3.31. The number of likely N-dealkylation sites (tertiary alicyclic amines) is 1. The summed E-state index contributed by atoms with van der Waals surface area (Å²) in [7, 11) is 0. The second-order valence-corrected chi connectivity index (χ2v) is 10.5. The van der Waals surface area contributed by atoms with Gasteiger partial charge in [0.25, 0.3) is 0 Å². The number of hydrogen-bond donors (Lipinski definition) is 1. The molecule has 2 fully saturated rings. The van der Waals surface area contributed by atoms with Gasteiger partial charge in [-0.2, -0.15) is 13.2 Å². The highest BCUT2D eigenvalue weighted by Gasteiger charge is 2.41. The molecule has 0 radical (unpaired) electrons. The zero-order valence-corrected chi connectivity index (χ0v) is 21.0. The van der Waals surface area contributed by atoms with Gasteiger partial charge in [0.2, 0.25) is 11.7 Å². The van der Waals surface area contributed by atoms with Gasteiger partial charge in [0, 0.05) is 35.5 Å². The predicted octanol–water partition coefficient (Wildman–Crippen LogP) is 4.98. The molecule has 4 rings (SSSR count). The van der Waals surface area contributed by atoms with Crippen LogP contribution in [0.4, 0.5) is 22.4 Å². The fraction of sp³-hybridized carbons (Fsp3) is 0.560. The minimum atomic E-state index is -4.71. The molecule has 8 nitrogen and oxygen atoms in total. The molecule has 12 heteroatoms. The molecule has 1 aliphatic heterocycles. The molecule has 200 valence electrons. The normalized spacial score (nSPS) is 20.2. The van der Waals surface area contributed by atoms with Gasteiger partial charge in [-0.25, -0.2) is 19.2 Å². The first-order valence-corrected chi connectivity index (χ1v) is 12.1. The number of ether oxygens (including phenoxy) is 1. The van der Waals surface area contributed by atoms with E-state index in [9.17, 15) is 22.8 Å². The minimum absolute atomic E-state index is 0.0137. The van der Waals surface area contributed by atoms with E-state index in [0.29, 0.717) is 18.5 Å². The highest BCUT2D eigenvalue weighted by Crippen LogP contribution is 2.42. The van der Waals surface area contributed by atoms with Crippen molar-refractivity contribution in [1.29, 1.82) is 0 Å². The van der Waals surface area contributed by atoms with Crippen LogP contribution < -0.4 is 5.32 Å². The molecule has 3 heterocycles. The number of carbonyl (C=O) groups excluding carboxylic acids is 2. The summed E-state index contributed by atoms with van der Waals surface area (Å²) in [5.74, 6) is -2.44. The molecule has 2 atom stereocenters. The summed E-state index contributed by atoms with van der Waals surface area (Å²) in [6.07, 6.45) is -0.855. The van der Waals surface area contributed by atoms with Gasteiger partial charge >= 0.3 is 12.3 Å². The van der Waals surface area contributed by atoms with E-state index in [4.69, 9.17) is 4.74 Å². The van der Waals surface area contributed by atoms with Crippen molar-refractivity contribution in [2.24, 2.45) is 0 Å². The van der Waals surface area contributed by atoms with Crippen LogP contribution in [0.3, 0.4) is 0 Å². The largest absolute Gasteiger partial charge is 0.451 e. The number of nitrogens with one attached hydrogen (secondary N) is 1. The summed E-state index contributed by atoms with van der Waals surface area (Å²) in [5.41, 5.74) is -0.0911. The third kappa shape index (κ3) is 6.16. The van der Waals surface area contributed by atoms with Crippen LogP contribution in [0.5, 0.6) is 0 Å². The molecule has 1 N–H and O–H groups in total. The molecule has 2 unspecified atom stereocenters. The van der Waals surface area contributed by atoms with Crippen molar-refractivity contribution in [2.45, 2.75) is 89.7 Å². The van der Waals surface area contributed by atoms with E-state index in [2.05, 4.69) is 20.3 Å². The summed E-state index contributed by atoms with van der Waals surface area (Å²) in [4.78, 5) is 38.2. The first-order chi connectivity index (χ1) is 17.2. The van der Waals surface area contributed by atoms with Gasteiger partial charge in [0.1, 0.15) is 11.6 Å². The Morgan fingerprint density at radius 1 is 1.11 bits per heavy atom. The average Bonchev–Trinajstić information content (AvgIpc) is 3.57. The third-order valence-corrected chi connectivity index (χ3v) is 6.24. The van der Waals surface area contributed by atoms with Crippen molar-refractivity contribution in [3.05, 3.63) is 41.5 Å².